The van der Waals surface area contributed by atoms with Gasteiger partial charge in [0, 0.05) is 0 Å². The molecule has 6 heteroatoms. The van der Waals surface area contributed by atoms with Gasteiger partial charge in [-0.1, -0.05) is 18.2 Å². The minimum atomic E-state index is -4.74. The molecule has 2 aromatic rings. The highest BCUT2D eigenvalue weighted by Crippen LogP contribution is 2.33. The maximum Gasteiger partial charge on any atom is 0.419 e. The minimum absolute atomic E-state index is 0.0427. The van der Waals surface area contributed by atoms with E-state index < -0.39 is 23.5 Å². The Morgan fingerprint density at radius 2 is 1.50 bits per heavy atom. The summed E-state index contributed by atoms with van der Waals surface area (Å²) in [6, 6.07) is 7.99. The monoisotopic (exact) mass is 284 g/mol. The molecule has 0 unspecified atom stereocenters. The average Bonchev–Trinajstić information content (AvgIpc) is 2.37. The average molecular weight is 284 g/mol. The fraction of sp³-hybridized carbons (Fsp3) is 0.0714. The molecule has 0 radical (unpaired) electrons. The first-order valence-electron chi connectivity index (χ1n) is 5.49. The summed E-state index contributed by atoms with van der Waals surface area (Å²) in [6.07, 6.45) is -4.74. The number of aromatic carboxylic acids is 1. The highest BCUT2D eigenvalue weighted by Gasteiger charge is 2.33. The van der Waals surface area contributed by atoms with E-state index in [-0.39, 0.29) is 11.1 Å². The Morgan fingerprint density at radius 1 is 0.950 bits per heavy atom. The van der Waals surface area contributed by atoms with Gasteiger partial charge in [-0.3, -0.25) is 0 Å². The van der Waals surface area contributed by atoms with E-state index in [1.165, 1.54) is 24.3 Å². The SMILES string of the molecule is O=C(O)c1ccc(-c2ccc(C(F)(F)F)c(F)c2)cc1. The number of carbonyl (C=O) groups is 1. The molecule has 0 amide bonds. The number of halogens is 4. The molecule has 0 fully saturated rings. The second-order valence-corrected chi connectivity index (χ2v) is 4.07. The number of carboxylic acids is 1. The largest absolute Gasteiger partial charge is 0.478 e. The van der Waals surface area contributed by atoms with Crippen LogP contribution in [0.4, 0.5) is 17.6 Å². The van der Waals surface area contributed by atoms with Crippen molar-refractivity contribution in [3.63, 3.8) is 0 Å². The third-order valence-electron chi connectivity index (χ3n) is 2.74. The Hall–Kier alpha value is -2.37. The number of hydrogen-bond acceptors (Lipinski definition) is 1. The van der Waals surface area contributed by atoms with Gasteiger partial charge in [0.2, 0.25) is 0 Å². The number of rotatable bonds is 2. The Labute approximate surface area is 111 Å². The van der Waals surface area contributed by atoms with Crippen molar-refractivity contribution in [2.45, 2.75) is 6.18 Å². The molecule has 20 heavy (non-hydrogen) atoms. The van der Waals surface area contributed by atoms with Gasteiger partial charge >= 0.3 is 12.1 Å². The van der Waals surface area contributed by atoms with Crippen LogP contribution in [0.2, 0.25) is 0 Å². The van der Waals surface area contributed by atoms with Crippen LogP contribution >= 0.6 is 0 Å². The fourth-order valence-electron chi connectivity index (χ4n) is 1.73. The summed E-state index contributed by atoms with van der Waals surface area (Å²) in [4.78, 5) is 10.7. The van der Waals surface area contributed by atoms with Crippen molar-refractivity contribution in [2.24, 2.45) is 0 Å². The van der Waals surface area contributed by atoms with E-state index in [1.807, 2.05) is 0 Å². The molecule has 0 saturated carbocycles. The second kappa shape index (κ2) is 4.96. The Kier molecular flexibility index (Phi) is 3.48. The van der Waals surface area contributed by atoms with E-state index in [2.05, 4.69) is 0 Å². The summed E-state index contributed by atoms with van der Waals surface area (Å²) >= 11 is 0. The molecule has 0 aliphatic heterocycles. The lowest BCUT2D eigenvalue weighted by atomic mass is 10.0. The molecule has 0 heterocycles. The zero-order chi connectivity index (χ0) is 14.9. The van der Waals surface area contributed by atoms with Gasteiger partial charge in [0.1, 0.15) is 5.82 Å². The maximum atomic E-state index is 13.4. The van der Waals surface area contributed by atoms with Crippen molar-refractivity contribution in [1.29, 1.82) is 0 Å². The van der Waals surface area contributed by atoms with Crippen LogP contribution in [0, 0.1) is 5.82 Å². The first kappa shape index (κ1) is 14.0. The Morgan fingerprint density at radius 3 is 1.95 bits per heavy atom. The summed E-state index contributed by atoms with van der Waals surface area (Å²) in [6.45, 7) is 0. The summed E-state index contributed by atoms with van der Waals surface area (Å²) in [5, 5.41) is 8.73. The quantitative estimate of drug-likeness (QED) is 0.839. The van der Waals surface area contributed by atoms with Gasteiger partial charge in [-0.15, -0.1) is 0 Å². The Bertz CT molecular complexity index is 645. The van der Waals surface area contributed by atoms with Crippen LogP contribution in [0.5, 0.6) is 0 Å². The van der Waals surface area contributed by atoms with Crippen molar-refractivity contribution in [3.05, 3.63) is 59.4 Å². The highest BCUT2D eigenvalue weighted by molar-refractivity contribution is 5.88. The predicted molar refractivity (Wildman–Crippen MR) is 63.8 cm³/mol. The van der Waals surface area contributed by atoms with Crippen molar-refractivity contribution >= 4 is 5.97 Å². The molecule has 2 nitrogen and oxygen atoms in total. The molecule has 0 aliphatic rings. The molecule has 2 aromatic carbocycles. The van der Waals surface area contributed by atoms with Gasteiger partial charge in [-0.05, 0) is 35.4 Å². The molecule has 2 rings (SSSR count). The smallest absolute Gasteiger partial charge is 0.419 e. The van der Waals surface area contributed by atoms with Crippen LogP contribution in [0.15, 0.2) is 42.5 Å². The van der Waals surface area contributed by atoms with Gasteiger partial charge < -0.3 is 5.11 Å². The number of hydrogen-bond donors (Lipinski definition) is 1. The topological polar surface area (TPSA) is 37.3 Å². The van der Waals surface area contributed by atoms with Crippen molar-refractivity contribution in [1.82, 2.24) is 0 Å². The molecule has 0 saturated heterocycles. The summed E-state index contributed by atoms with van der Waals surface area (Å²) in [5.74, 6) is -2.48. The third kappa shape index (κ3) is 2.79. The molecular formula is C14H8F4O2. The van der Waals surface area contributed by atoms with Gasteiger partial charge in [-0.25, -0.2) is 9.18 Å². The summed E-state index contributed by atoms with van der Waals surface area (Å²) in [7, 11) is 0. The second-order valence-electron chi connectivity index (χ2n) is 4.07. The third-order valence-corrected chi connectivity index (χ3v) is 2.74. The maximum absolute atomic E-state index is 13.4. The van der Waals surface area contributed by atoms with Crippen LogP contribution in [0.25, 0.3) is 11.1 Å². The van der Waals surface area contributed by atoms with Crippen molar-refractivity contribution in [2.75, 3.05) is 0 Å². The molecule has 104 valence electrons. The van der Waals surface area contributed by atoms with Crippen molar-refractivity contribution < 1.29 is 27.5 Å². The fourth-order valence-corrected chi connectivity index (χ4v) is 1.73. The lowest BCUT2D eigenvalue weighted by Gasteiger charge is -2.09. The molecular weight excluding hydrogens is 276 g/mol. The molecule has 0 bridgehead atoms. The summed E-state index contributed by atoms with van der Waals surface area (Å²) in [5.41, 5.74) is -0.611. The molecule has 1 N–H and O–H groups in total. The summed E-state index contributed by atoms with van der Waals surface area (Å²) < 4.78 is 50.7. The first-order chi connectivity index (χ1) is 9.29. The van der Waals surface area contributed by atoms with Crippen LogP contribution in [-0.4, -0.2) is 11.1 Å². The van der Waals surface area contributed by atoms with E-state index >= 15 is 0 Å². The standard InChI is InChI=1S/C14H8F4O2/c15-12-7-10(5-6-11(12)14(16,17)18)8-1-3-9(4-2-8)13(19)20/h1-7H,(H,19,20). The molecule has 0 aromatic heterocycles. The van der Waals surface area contributed by atoms with Gasteiger partial charge in [-0.2, -0.15) is 13.2 Å². The van der Waals surface area contributed by atoms with Gasteiger partial charge in [0.05, 0.1) is 11.1 Å². The molecule has 0 atom stereocenters. The number of benzene rings is 2. The van der Waals surface area contributed by atoms with Crippen LogP contribution in [0.3, 0.4) is 0 Å². The van der Waals surface area contributed by atoms with Crippen LogP contribution < -0.4 is 0 Å². The first-order valence-corrected chi connectivity index (χ1v) is 5.49. The highest BCUT2D eigenvalue weighted by atomic mass is 19.4. The van der Waals surface area contributed by atoms with Gasteiger partial charge in [0.25, 0.3) is 0 Å². The minimum Gasteiger partial charge on any atom is -0.478 e. The molecule has 0 spiro atoms. The normalized spacial score (nSPS) is 11.4. The van der Waals surface area contributed by atoms with Crippen LogP contribution in [-0.2, 0) is 6.18 Å². The van der Waals surface area contributed by atoms with Crippen LogP contribution in [0.1, 0.15) is 15.9 Å². The predicted octanol–water partition coefficient (Wildman–Crippen LogP) is 4.21. The van der Waals surface area contributed by atoms with E-state index in [4.69, 9.17) is 5.11 Å². The lowest BCUT2D eigenvalue weighted by molar-refractivity contribution is -0.139. The van der Waals surface area contributed by atoms with E-state index in [1.54, 1.807) is 0 Å². The molecule has 0 aliphatic carbocycles. The van der Waals surface area contributed by atoms with E-state index in [0.29, 0.717) is 11.6 Å². The lowest BCUT2D eigenvalue weighted by Crippen LogP contribution is -2.07. The zero-order valence-corrected chi connectivity index (χ0v) is 9.91. The van der Waals surface area contributed by atoms with Crippen molar-refractivity contribution in [3.8, 4) is 11.1 Å². The van der Waals surface area contributed by atoms with E-state index in [9.17, 15) is 22.4 Å². The number of carboxylic acid groups (broad SMARTS) is 1. The zero-order valence-electron chi connectivity index (χ0n) is 9.91. The Balaban J connectivity index is 2.39. The van der Waals surface area contributed by atoms with E-state index in [0.717, 1.165) is 12.1 Å². The van der Waals surface area contributed by atoms with Gasteiger partial charge in [0.15, 0.2) is 0 Å². The number of alkyl halides is 3.